The number of hydrogen-bond acceptors (Lipinski definition) is 9. The monoisotopic (exact) mass is 698 g/mol. The lowest BCUT2D eigenvalue weighted by molar-refractivity contribution is 0.0925. The van der Waals surface area contributed by atoms with Crippen LogP contribution in [-0.4, -0.2) is 53.5 Å². The Labute approximate surface area is 287 Å². The summed E-state index contributed by atoms with van der Waals surface area (Å²) in [6.45, 7) is 13.6. The molecular formula is C33H35ClN10O4Si. The maximum Gasteiger partial charge on any atom is 0.277 e. The number of nitrogens with zero attached hydrogens (tertiary/aromatic N) is 7. The van der Waals surface area contributed by atoms with Crippen molar-refractivity contribution < 1.29 is 9.59 Å². The number of nitrogen functional groups attached to an aromatic ring is 1. The van der Waals surface area contributed by atoms with E-state index in [0.717, 1.165) is 10.9 Å². The molecule has 14 nitrogen and oxygen atoms in total. The van der Waals surface area contributed by atoms with Crippen LogP contribution in [0.15, 0.2) is 71.2 Å². The summed E-state index contributed by atoms with van der Waals surface area (Å²) < 4.78 is 4.57. The quantitative estimate of drug-likeness (QED) is 0.175. The van der Waals surface area contributed by atoms with Crippen LogP contribution in [0.2, 0.25) is 24.7 Å². The summed E-state index contributed by atoms with van der Waals surface area (Å²) in [7, 11) is -1.34. The summed E-state index contributed by atoms with van der Waals surface area (Å²) in [5.41, 5.74) is 9.33. The number of nitrogens with one attached hydrogen (secondary N) is 2. The van der Waals surface area contributed by atoms with E-state index in [1.54, 1.807) is 69.1 Å². The van der Waals surface area contributed by atoms with Crippen molar-refractivity contribution >= 4 is 48.3 Å². The van der Waals surface area contributed by atoms with Crippen molar-refractivity contribution in [1.29, 1.82) is 0 Å². The lowest BCUT2D eigenvalue weighted by atomic mass is 10.2. The molecule has 0 saturated carbocycles. The van der Waals surface area contributed by atoms with Crippen LogP contribution in [0.25, 0.3) is 16.7 Å². The molecule has 5 aromatic rings. The number of pyridine rings is 2. The normalized spacial score (nSPS) is 14.9. The number of carbonyl (C=O) groups is 2. The number of amides is 2. The molecule has 7 heterocycles. The Morgan fingerprint density at radius 1 is 0.796 bits per heavy atom. The van der Waals surface area contributed by atoms with Gasteiger partial charge in [-0.1, -0.05) is 37.2 Å². The number of anilines is 1. The van der Waals surface area contributed by atoms with Crippen molar-refractivity contribution in [1.82, 2.24) is 44.3 Å². The number of fused-ring (bicyclic) bond motifs is 3. The van der Waals surface area contributed by atoms with Gasteiger partial charge in [-0.2, -0.15) is 0 Å². The van der Waals surface area contributed by atoms with E-state index in [9.17, 15) is 19.2 Å². The molecule has 4 N–H and O–H groups in total. The Morgan fingerprint density at radius 2 is 1.37 bits per heavy atom. The van der Waals surface area contributed by atoms with Crippen LogP contribution in [0.3, 0.4) is 0 Å². The molecule has 5 aromatic heterocycles. The minimum atomic E-state index is -1.34. The maximum atomic E-state index is 12.9. The first kappa shape index (κ1) is 34.7. The number of halogens is 1. The van der Waals surface area contributed by atoms with Gasteiger partial charge < -0.3 is 16.4 Å². The molecule has 0 bridgehead atoms. The average Bonchev–Trinajstić information content (AvgIpc) is 3.63. The largest absolute Gasteiger partial charge is 0.383 e. The van der Waals surface area contributed by atoms with Crippen molar-refractivity contribution in [2.45, 2.75) is 58.7 Å². The number of carbonyl (C=O) groups excluding carboxylic acids is 2. The predicted octanol–water partition coefficient (Wildman–Crippen LogP) is 3.24. The summed E-state index contributed by atoms with van der Waals surface area (Å²) >= 11 is 5.69. The molecule has 0 saturated heterocycles. The van der Waals surface area contributed by atoms with E-state index in [-0.39, 0.29) is 28.0 Å². The first-order chi connectivity index (χ1) is 22.9. The highest BCUT2D eigenvalue weighted by atomic mass is 35.5. The number of aromatic nitrogens is 7. The lowest BCUT2D eigenvalue weighted by Crippen LogP contribution is -2.42. The molecule has 2 aliphatic rings. The van der Waals surface area contributed by atoms with Crippen LogP contribution in [-0.2, 0) is 11.3 Å². The van der Waals surface area contributed by atoms with Crippen LogP contribution >= 0.6 is 11.6 Å². The third kappa shape index (κ3) is 7.01. The predicted molar refractivity (Wildman–Crippen MR) is 189 cm³/mol. The zero-order valence-corrected chi connectivity index (χ0v) is 29.7. The van der Waals surface area contributed by atoms with Crippen LogP contribution in [0.4, 0.5) is 5.82 Å². The number of rotatable bonds is 1. The first-order valence-corrected chi connectivity index (χ1v) is 19.0. The second-order valence-electron chi connectivity index (χ2n) is 13.3. The molecule has 0 radical (unpaired) electrons. The molecule has 0 unspecified atom stereocenters. The average molecular weight is 699 g/mol. The van der Waals surface area contributed by atoms with Crippen molar-refractivity contribution in [3.05, 3.63) is 104 Å². The molecule has 7 rings (SSSR count). The zero-order valence-electron chi connectivity index (χ0n) is 28.0. The molecule has 0 atom stereocenters. The van der Waals surface area contributed by atoms with Gasteiger partial charge in [0.2, 0.25) is 0 Å². The summed E-state index contributed by atoms with van der Waals surface area (Å²) in [4.78, 5) is 63.8. The van der Waals surface area contributed by atoms with E-state index in [1.165, 1.54) is 27.9 Å². The maximum absolute atomic E-state index is 12.9. The van der Waals surface area contributed by atoms with Crippen LogP contribution in [0.1, 0.15) is 54.2 Å². The van der Waals surface area contributed by atoms with Crippen molar-refractivity contribution in [2.24, 2.45) is 0 Å². The highest BCUT2D eigenvalue weighted by Gasteiger charge is 2.37. The summed E-state index contributed by atoms with van der Waals surface area (Å²) in [6, 6.07) is 8.15. The topological polar surface area (TPSA) is 185 Å². The third-order valence-electron chi connectivity index (χ3n) is 7.44. The van der Waals surface area contributed by atoms with E-state index in [0.29, 0.717) is 28.5 Å². The van der Waals surface area contributed by atoms with E-state index >= 15 is 0 Å². The van der Waals surface area contributed by atoms with E-state index in [2.05, 4.69) is 61.7 Å². The SMILES string of the molecule is CC1(C)NC(=O)c2ccc(-n3ccc4cncnc43)c(=O)n21.CC1(C)NC(=O)c2ccc(Cl)c(=O)n21.C[Si](C)(C)C#Cc1cncnc1N. The standard InChI is InChI=1S/C15H13N5O2.C9H9ClN2O2.C9H13N3Si/c1-15(2)18-13(21)10-3-4-11(14(22)20(10)15)19-6-5-9-7-16-8-17-12(9)19;1-9(2)11-7(13)6-4-3-5(10)8(14)12(6)9;1-13(2,3)5-4-8-6-11-7-12-9(8)10/h3-8H,1-2H3,(H,18,21);3-4H,1-2H3,(H,11,13);6-7H,1-3H3,(H2,10,11,12). The van der Waals surface area contributed by atoms with Crippen molar-refractivity contribution in [2.75, 3.05) is 5.73 Å². The minimum Gasteiger partial charge on any atom is -0.383 e. The number of nitrogens with two attached hydrogens (primary N) is 1. The lowest BCUT2D eigenvalue weighted by Gasteiger charge is -2.21. The molecule has 2 amide bonds. The Kier molecular flexibility index (Phi) is 9.06. The Balaban J connectivity index is 0.000000152. The second kappa shape index (κ2) is 12.8. The summed E-state index contributed by atoms with van der Waals surface area (Å²) in [5, 5.41) is 6.46. The highest BCUT2D eigenvalue weighted by molar-refractivity contribution is 6.83. The van der Waals surface area contributed by atoms with Gasteiger partial charge >= 0.3 is 0 Å². The zero-order chi connectivity index (χ0) is 35.9. The van der Waals surface area contributed by atoms with Crippen LogP contribution in [0.5, 0.6) is 0 Å². The van der Waals surface area contributed by atoms with Gasteiger partial charge in [-0.15, -0.1) is 5.54 Å². The molecule has 0 fully saturated rings. The number of hydrogen-bond donors (Lipinski definition) is 3. The van der Waals surface area contributed by atoms with Gasteiger partial charge in [-0.3, -0.25) is 32.9 Å². The van der Waals surface area contributed by atoms with Gasteiger partial charge in [0, 0.05) is 24.0 Å². The molecule has 16 heteroatoms. The van der Waals surface area contributed by atoms with Crippen LogP contribution < -0.4 is 27.5 Å². The van der Waals surface area contributed by atoms with Gasteiger partial charge in [0.05, 0.1) is 5.56 Å². The molecule has 2 aliphatic heterocycles. The third-order valence-corrected chi connectivity index (χ3v) is 8.61. The first-order valence-electron chi connectivity index (χ1n) is 15.1. The molecule has 49 heavy (non-hydrogen) atoms. The van der Waals surface area contributed by atoms with E-state index < -0.39 is 19.4 Å². The van der Waals surface area contributed by atoms with Crippen molar-refractivity contribution in [3.63, 3.8) is 0 Å². The summed E-state index contributed by atoms with van der Waals surface area (Å²) in [5.74, 6) is 2.98. The van der Waals surface area contributed by atoms with Gasteiger partial charge in [-0.05, 0) is 58.0 Å². The molecule has 0 spiro atoms. The minimum absolute atomic E-state index is 0.123. The van der Waals surface area contributed by atoms with E-state index in [1.807, 2.05) is 6.07 Å². The molecular weight excluding hydrogens is 664 g/mol. The fourth-order valence-corrected chi connectivity index (χ4v) is 5.91. The highest BCUT2D eigenvalue weighted by Crippen LogP contribution is 2.23. The molecule has 252 valence electrons. The Hall–Kier alpha value is -5.59. The summed E-state index contributed by atoms with van der Waals surface area (Å²) in [6.07, 6.45) is 7.99. The van der Waals surface area contributed by atoms with Crippen LogP contribution in [0, 0.1) is 11.5 Å². The second-order valence-corrected chi connectivity index (χ2v) is 18.4. The van der Waals surface area contributed by atoms with Crippen molar-refractivity contribution in [3.8, 4) is 17.2 Å². The van der Waals surface area contributed by atoms with Gasteiger partial charge in [0.15, 0.2) is 0 Å². The van der Waals surface area contributed by atoms with Gasteiger partial charge in [-0.25, -0.2) is 19.9 Å². The fraction of sp³-hybridized carbons (Fsp3) is 0.273. The smallest absolute Gasteiger partial charge is 0.277 e. The van der Waals surface area contributed by atoms with Gasteiger partial charge in [0.1, 0.15) is 65.6 Å². The van der Waals surface area contributed by atoms with E-state index in [4.69, 9.17) is 17.3 Å². The molecule has 0 aliphatic carbocycles. The Morgan fingerprint density at radius 3 is 1.98 bits per heavy atom. The molecule has 0 aromatic carbocycles. The Bertz CT molecular complexity index is 2310. The fourth-order valence-electron chi connectivity index (χ4n) is 5.25. The van der Waals surface area contributed by atoms with Gasteiger partial charge in [0.25, 0.3) is 22.9 Å².